The number of rotatable bonds is 2. The molecule has 5 heteroatoms. The molecule has 0 saturated carbocycles. The van der Waals surface area contributed by atoms with Crippen molar-refractivity contribution in [3.63, 3.8) is 0 Å². The second-order valence-corrected chi connectivity index (χ2v) is 6.14. The third kappa shape index (κ3) is 3.49. The lowest BCUT2D eigenvalue weighted by Crippen LogP contribution is -2.29. The van der Waals surface area contributed by atoms with Crippen molar-refractivity contribution in [1.82, 2.24) is 4.98 Å². The molecule has 1 heterocycles. The number of aryl methyl sites for hydroxylation is 1. The van der Waals surface area contributed by atoms with Crippen LogP contribution >= 0.6 is 0 Å². The average Bonchev–Trinajstić information content (AvgIpc) is 2.62. The molecule has 3 rings (SSSR count). The summed E-state index contributed by atoms with van der Waals surface area (Å²) in [5, 5.41) is 18.4. The van der Waals surface area contributed by atoms with Crippen LogP contribution in [-0.4, -0.2) is 22.7 Å². The number of anilines is 1. The van der Waals surface area contributed by atoms with Gasteiger partial charge in [0.2, 0.25) is 0 Å². The van der Waals surface area contributed by atoms with Gasteiger partial charge < -0.3 is 16.6 Å². The summed E-state index contributed by atoms with van der Waals surface area (Å²) < 4.78 is 0. The van der Waals surface area contributed by atoms with Crippen LogP contribution in [0.3, 0.4) is 0 Å². The number of fused-ring (bicyclic) bond motifs is 1. The topological polar surface area (TPSA) is 109 Å². The molecule has 0 spiro atoms. The molecule has 1 aromatic carbocycles. The highest BCUT2D eigenvalue weighted by molar-refractivity contribution is 5.79. The van der Waals surface area contributed by atoms with Crippen molar-refractivity contribution in [2.24, 2.45) is 5.73 Å². The summed E-state index contributed by atoms with van der Waals surface area (Å²) in [7, 11) is 0. The molecule has 0 bridgehead atoms. The third-order valence-corrected chi connectivity index (χ3v) is 4.38. The second-order valence-electron chi connectivity index (χ2n) is 6.14. The number of aliphatic hydroxyl groups is 1. The number of nitrogens with two attached hydrogens (primary N) is 2. The van der Waals surface area contributed by atoms with E-state index in [9.17, 15) is 5.26 Å². The molecule has 0 aliphatic heterocycles. The van der Waals surface area contributed by atoms with E-state index < -0.39 is 0 Å². The van der Waals surface area contributed by atoms with Gasteiger partial charge in [0.05, 0.1) is 6.61 Å². The summed E-state index contributed by atoms with van der Waals surface area (Å²) in [4.78, 5) is 4.43. The summed E-state index contributed by atoms with van der Waals surface area (Å²) in [6.07, 6.45) is 2.81. The molecule has 2 aromatic rings. The minimum absolute atomic E-state index is 0.0549. The number of hydrogen-bond acceptors (Lipinski definition) is 5. The van der Waals surface area contributed by atoms with Crippen LogP contribution in [0.2, 0.25) is 0 Å². The molecule has 0 radical (unpaired) electrons. The molecule has 5 N–H and O–H groups in total. The van der Waals surface area contributed by atoms with E-state index in [4.69, 9.17) is 16.6 Å². The number of pyridine rings is 1. The van der Waals surface area contributed by atoms with Crippen LogP contribution in [0.25, 0.3) is 11.1 Å². The van der Waals surface area contributed by atoms with Gasteiger partial charge in [0.1, 0.15) is 17.5 Å². The summed E-state index contributed by atoms with van der Waals surface area (Å²) in [5.74, 6) is 6.18. The van der Waals surface area contributed by atoms with E-state index in [2.05, 4.69) is 22.9 Å². The molecule has 0 saturated heterocycles. The van der Waals surface area contributed by atoms with Crippen molar-refractivity contribution in [1.29, 1.82) is 5.26 Å². The van der Waals surface area contributed by atoms with Crippen LogP contribution < -0.4 is 11.5 Å². The minimum atomic E-state index is 0.0549. The Hall–Kier alpha value is -2.86. The molecule has 0 fully saturated rings. The first-order valence-corrected chi connectivity index (χ1v) is 8.31. The maximum absolute atomic E-state index is 9.58. The highest BCUT2D eigenvalue weighted by Gasteiger charge is 2.24. The summed E-state index contributed by atoms with van der Waals surface area (Å²) in [6, 6.07) is 9.98. The summed E-state index contributed by atoms with van der Waals surface area (Å²) in [6.45, 7) is 0.0549. The van der Waals surface area contributed by atoms with E-state index in [1.54, 1.807) is 0 Å². The first kappa shape index (κ1) is 17.0. The zero-order valence-electron chi connectivity index (χ0n) is 13.9. The maximum atomic E-state index is 9.58. The Kier molecular flexibility index (Phi) is 5.00. The summed E-state index contributed by atoms with van der Waals surface area (Å²) in [5.41, 5.74) is 17.2. The fourth-order valence-electron chi connectivity index (χ4n) is 3.18. The largest absolute Gasteiger partial charge is 0.395 e. The van der Waals surface area contributed by atoms with Gasteiger partial charge in [0, 0.05) is 29.3 Å². The molecule has 1 unspecified atom stereocenters. The SMILES string of the molecule is N#Cc1c(N)nc2c(c1-c1ccc(C#CCCO)cc1)CC(N)CC2. The van der Waals surface area contributed by atoms with Crippen LogP contribution in [0.1, 0.15) is 35.2 Å². The first-order chi connectivity index (χ1) is 12.1. The Morgan fingerprint density at radius 1 is 1.28 bits per heavy atom. The number of nitrogens with zero attached hydrogens (tertiary/aromatic N) is 2. The van der Waals surface area contributed by atoms with Gasteiger partial charge in [0.25, 0.3) is 0 Å². The monoisotopic (exact) mass is 332 g/mol. The third-order valence-electron chi connectivity index (χ3n) is 4.38. The van der Waals surface area contributed by atoms with E-state index in [0.29, 0.717) is 18.4 Å². The van der Waals surface area contributed by atoms with Gasteiger partial charge in [-0.15, -0.1) is 0 Å². The quantitative estimate of drug-likeness (QED) is 0.726. The van der Waals surface area contributed by atoms with Crippen molar-refractivity contribution in [2.45, 2.75) is 31.7 Å². The molecule has 1 aromatic heterocycles. The zero-order valence-corrected chi connectivity index (χ0v) is 13.9. The predicted molar refractivity (Wildman–Crippen MR) is 97.4 cm³/mol. The van der Waals surface area contributed by atoms with Gasteiger partial charge in [0.15, 0.2) is 0 Å². The molecule has 1 aliphatic rings. The molecule has 1 atom stereocenters. The van der Waals surface area contributed by atoms with E-state index in [0.717, 1.165) is 40.8 Å². The average molecular weight is 332 g/mol. The first-order valence-electron chi connectivity index (χ1n) is 8.31. The number of benzene rings is 1. The Labute approximate surface area is 147 Å². The highest BCUT2D eigenvalue weighted by atomic mass is 16.2. The van der Waals surface area contributed by atoms with Gasteiger partial charge in [-0.1, -0.05) is 24.0 Å². The molecule has 126 valence electrons. The Morgan fingerprint density at radius 3 is 2.72 bits per heavy atom. The standard InChI is InChI=1S/C20H20N4O/c21-12-17-19(14-6-4-13(5-7-14)3-1-2-10-25)16-11-15(22)8-9-18(16)24-20(17)23/h4-7,15,25H,2,8-11,22H2,(H2,23,24). The minimum Gasteiger partial charge on any atom is -0.395 e. The van der Waals surface area contributed by atoms with E-state index in [1.807, 2.05) is 24.3 Å². The Bertz CT molecular complexity index is 885. The van der Waals surface area contributed by atoms with E-state index in [1.165, 1.54) is 0 Å². The number of nitriles is 1. The van der Waals surface area contributed by atoms with Crippen LogP contribution in [0.4, 0.5) is 5.82 Å². The molecular weight excluding hydrogens is 312 g/mol. The number of nitrogen functional groups attached to an aromatic ring is 1. The van der Waals surface area contributed by atoms with Crippen LogP contribution in [0, 0.1) is 23.2 Å². The number of hydrogen-bond donors (Lipinski definition) is 3. The van der Waals surface area contributed by atoms with Gasteiger partial charge >= 0.3 is 0 Å². The second kappa shape index (κ2) is 7.36. The van der Waals surface area contributed by atoms with Gasteiger partial charge in [-0.2, -0.15) is 5.26 Å². The fourth-order valence-corrected chi connectivity index (χ4v) is 3.18. The summed E-state index contributed by atoms with van der Waals surface area (Å²) >= 11 is 0. The smallest absolute Gasteiger partial charge is 0.142 e. The molecular formula is C20H20N4O. The lowest BCUT2D eigenvalue weighted by Gasteiger charge is -2.24. The predicted octanol–water partition coefficient (Wildman–Crippen LogP) is 1.75. The van der Waals surface area contributed by atoms with Gasteiger partial charge in [-0.25, -0.2) is 4.98 Å². The van der Waals surface area contributed by atoms with Crippen molar-refractivity contribution < 1.29 is 5.11 Å². The van der Waals surface area contributed by atoms with E-state index >= 15 is 0 Å². The fraction of sp³-hybridized carbons (Fsp3) is 0.300. The molecule has 1 aliphatic carbocycles. The molecule has 0 amide bonds. The highest BCUT2D eigenvalue weighted by Crippen LogP contribution is 2.35. The van der Waals surface area contributed by atoms with E-state index in [-0.39, 0.29) is 18.5 Å². The molecule has 5 nitrogen and oxygen atoms in total. The zero-order chi connectivity index (χ0) is 17.8. The molecule has 25 heavy (non-hydrogen) atoms. The van der Waals surface area contributed by atoms with Crippen molar-refractivity contribution >= 4 is 5.82 Å². The van der Waals surface area contributed by atoms with Crippen molar-refractivity contribution in [3.8, 4) is 29.0 Å². The van der Waals surface area contributed by atoms with Crippen LogP contribution in [-0.2, 0) is 12.8 Å². The van der Waals surface area contributed by atoms with Crippen molar-refractivity contribution in [2.75, 3.05) is 12.3 Å². The van der Waals surface area contributed by atoms with Gasteiger partial charge in [-0.3, -0.25) is 0 Å². The van der Waals surface area contributed by atoms with Gasteiger partial charge in [-0.05, 0) is 42.5 Å². The maximum Gasteiger partial charge on any atom is 0.142 e. The Balaban J connectivity index is 2.09. The number of aromatic nitrogens is 1. The lowest BCUT2D eigenvalue weighted by molar-refractivity contribution is 0.305. The van der Waals surface area contributed by atoms with Crippen LogP contribution in [0.15, 0.2) is 24.3 Å². The number of aliphatic hydroxyl groups excluding tert-OH is 1. The van der Waals surface area contributed by atoms with Crippen LogP contribution in [0.5, 0.6) is 0 Å². The lowest BCUT2D eigenvalue weighted by atomic mass is 9.84. The van der Waals surface area contributed by atoms with Crippen molar-refractivity contribution in [3.05, 3.63) is 46.6 Å². The normalized spacial score (nSPS) is 15.6. The Morgan fingerprint density at radius 2 is 2.04 bits per heavy atom.